The SMILES string of the molecule is C[n+]1cnccc1[B-]c1ccnc[n+]1C. The van der Waals surface area contributed by atoms with Gasteiger partial charge in [-0.15, -0.1) is 18.5 Å². The minimum Gasteiger partial charge on any atom is -0.281 e. The number of hydrogen-bond acceptors (Lipinski definition) is 2. The van der Waals surface area contributed by atoms with E-state index in [0.29, 0.717) is 0 Å². The highest BCUT2D eigenvalue weighted by molar-refractivity contribution is 6.64. The molecule has 4 nitrogen and oxygen atoms in total. The zero-order chi connectivity index (χ0) is 10.7. The van der Waals surface area contributed by atoms with Crippen molar-refractivity contribution in [2.24, 2.45) is 14.1 Å². The van der Waals surface area contributed by atoms with Crippen LogP contribution in [0.4, 0.5) is 0 Å². The van der Waals surface area contributed by atoms with E-state index in [2.05, 4.69) is 17.2 Å². The van der Waals surface area contributed by atoms with Crippen molar-refractivity contribution in [3.05, 3.63) is 37.2 Å². The summed E-state index contributed by atoms with van der Waals surface area (Å²) in [6, 6.07) is 3.95. The second-order valence-corrected chi connectivity index (χ2v) is 3.38. The first-order valence-electron chi connectivity index (χ1n) is 4.71. The van der Waals surface area contributed by atoms with Gasteiger partial charge in [0.25, 0.3) is 12.7 Å². The maximum absolute atomic E-state index is 4.03. The normalized spacial score (nSPS) is 10.3. The van der Waals surface area contributed by atoms with Crippen molar-refractivity contribution >= 4 is 18.5 Å². The van der Waals surface area contributed by atoms with Crippen LogP contribution in [0.1, 0.15) is 0 Å². The molecule has 0 bridgehead atoms. The summed E-state index contributed by atoms with van der Waals surface area (Å²) in [6.45, 7) is 0. The summed E-state index contributed by atoms with van der Waals surface area (Å²) in [5.74, 6) is 0. The number of rotatable bonds is 2. The largest absolute Gasteiger partial charge is 0.282 e. The van der Waals surface area contributed by atoms with Crippen molar-refractivity contribution in [1.82, 2.24) is 9.97 Å². The first-order chi connectivity index (χ1) is 7.27. The molecule has 2 aromatic rings. The van der Waals surface area contributed by atoms with E-state index in [1.165, 1.54) is 0 Å². The molecule has 0 spiro atoms. The molecular formula is C10H12BN4+. The van der Waals surface area contributed by atoms with Crippen molar-refractivity contribution in [2.75, 3.05) is 0 Å². The van der Waals surface area contributed by atoms with Crippen molar-refractivity contribution in [3.8, 4) is 0 Å². The Labute approximate surface area is 89.5 Å². The van der Waals surface area contributed by atoms with Gasteiger partial charge in [0.15, 0.2) is 0 Å². The third kappa shape index (κ3) is 2.18. The summed E-state index contributed by atoms with van der Waals surface area (Å²) in [4.78, 5) is 8.07. The average Bonchev–Trinajstić information content (AvgIpc) is 2.24. The van der Waals surface area contributed by atoms with Crippen LogP contribution >= 0.6 is 0 Å². The number of aromatic nitrogens is 4. The fourth-order valence-corrected chi connectivity index (χ4v) is 1.34. The zero-order valence-corrected chi connectivity index (χ0v) is 8.83. The summed E-state index contributed by atoms with van der Waals surface area (Å²) >= 11 is 0. The molecule has 15 heavy (non-hydrogen) atoms. The van der Waals surface area contributed by atoms with Crippen LogP contribution in [-0.2, 0) is 14.1 Å². The maximum atomic E-state index is 4.03. The molecule has 0 unspecified atom stereocenters. The molecular weight excluding hydrogens is 187 g/mol. The van der Waals surface area contributed by atoms with Crippen molar-refractivity contribution in [2.45, 2.75) is 0 Å². The van der Waals surface area contributed by atoms with E-state index >= 15 is 0 Å². The lowest BCUT2D eigenvalue weighted by atomic mass is 9.70. The lowest BCUT2D eigenvalue weighted by Gasteiger charge is -2.15. The highest BCUT2D eigenvalue weighted by Crippen LogP contribution is 1.70. The van der Waals surface area contributed by atoms with Gasteiger partial charge in [-0.1, -0.05) is 9.97 Å². The minimum atomic E-state index is 1.10. The summed E-state index contributed by atoms with van der Waals surface area (Å²) in [5.41, 5.74) is 2.21. The Morgan fingerprint density at radius 1 is 0.933 bits per heavy atom. The molecule has 0 fully saturated rings. The zero-order valence-electron chi connectivity index (χ0n) is 8.83. The molecule has 2 rings (SSSR count). The van der Waals surface area contributed by atoms with Gasteiger partial charge >= 0.3 is 0 Å². The lowest BCUT2D eigenvalue weighted by molar-refractivity contribution is -0.661. The van der Waals surface area contributed by atoms with Crippen molar-refractivity contribution in [1.29, 1.82) is 0 Å². The van der Waals surface area contributed by atoms with Crippen LogP contribution in [0, 0.1) is 0 Å². The Morgan fingerprint density at radius 3 is 1.80 bits per heavy atom. The molecule has 0 aromatic carbocycles. The second-order valence-electron chi connectivity index (χ2n) is 3.38. The van der Waals surface area contributed by atoms with Crippen LogP contribution < -0.4 is 20.3 Å². The first kappa shape index (κ1) is 9.77. The topological polar surface area (TPSA) is 33.5 Å². The second kappa shape index (κ2) is 4.17. The minimum absolute atomic E-state index is 1.10. The van der Waals surface area contributed by atoms with E-state index in [4.69, 9.17) is 0 Å². The van der Waals surface area contributed by atoms with E-state index in [1.807, 2.05) is 35.4 Å². The number of hydrogen-bond donors (Lipinski definition) is 0. The Bertz CT molecular complexity index is 429. The van der Waals surface area contributed by atoms with Crippen LogP contribution in [0.3, 0.4) is 0 Å². The van der Waals surface area contributed by atoms with Gasteiger partial charge in [-0.2, -0.15) is 0 Å². The summed E-state index contributed by atoms with van der Waals surface area (Å²) in [7, 11) is 6.03. The third-order valence-electron chi connectivity index (χ3n) is 2.25. The van der Waals surface area contributed by atoms with Gasteiger partial charge in [-0.3, -0.25) is 9.13 Å². The third-order valence-corrected chi connectivity index (χ3v) is 2.25. The molecule has 0 saturated heterocycles. The highest BCUT2D eigenvalue weighted by atomic mass is 15.0. The molecule has 0 aliphatic rings. The summed E-state index contributed by atoms with van der Waals surface area (Å²) < 4.78 is 3.95. The van der Waals surface area contributed by atoms with Gasteiger partial charge in [0.05, 0.1) is 14.1 Å². The quantitative estimate of drug-likeness (QED) is 0.405. The Hall–Kier alpha value is -1.78. The molecule has 0 aliphatic carbocycles. The lowest BCUT2D eigenvalue weighted by Crippen LogP contribution is -2.59. The van der Waals surface area contributed by atoms with Crippen LogP contribution in [0.15, 0.2) is 37.2 Å². The smallest absolute Gasteiger partial charge is 0.281 e. The van der Waals surface area contributed by atoms with E-state index in [1.54, 1.807) is 25.0 Å². The van der Waals surface area contributed by atoms with Gasteiger partial charge in [0.2, 0.25) is 0 Å². The summed E-state index contributed by atoms with van der Waals surface area (Å²) in [5, 5.41) is 0. The predicted octanol–water partition coefficient (Wildman–Crippen LogP) is -2.22. The van der Waals surface area contributed by atoms with Gasteiger partial charge in [-0.05, 0) is 12.1 Å². The summed E-state index contributed by atoms with van der Waals surface area (Å²) in [6.07, 6.45) is 7.14. The van der Waals surface area contributed by atoms with Gasteiger partial charge in [0.1, 0.15) is 12.4 Å². The highest BCUT2D eigenvalue weighted by Gasteiger charge is 1.96. The van der Waals surface area contributed by atoms with Gasteiger partial charge in [0, 0.05) is 0 Å². The molecule has 0 atom stereocenters. The molecule has 74 valence electrons. The van der Waals surface area contributed by atoms with Crippen molar-refractivity contribution < 1.29 is 9.13 Å². The first-order valence-corrected chi connectivity index (χ1v) is 4.71. The van der Waals surface area contributed by atoms with Crippen LogP contribution in [0.25, 0.3) is 0 Å². The van der Waals surface area contributed by atoms with E-state index in [9.17, 15) is 0 Å². The Morgan fingerprint density at radius 2 is 1.40 bits per heavy atom. The molecule has 0 saturated carbocycles. The number of aryl methyl sites for hydroxylation is 2. The monoisotopic (exact) mass is 199 g/mol. The Kier molecular flexibility index (Phi) is 2.71. The fraction of sp³-hybridized carbons (Fsp3) is 0.200. The van der Waals surface area contributed by atoms with Crippen molar-refractivity contribution in [3.63, 3.8) is 0 Å². The number of nitrogens with zero attached hydrogens (tertiary/aromatic N) is 4. The predicted molar refractivity (Wildman–Crippen MR) is 55.8 cm³/mol. The van der Waals surface area contributed by atoms with E-state index < -0.39 is 0 Å². The molecule has 5 heteroatoms. The molecule has 0 amide bonds. The van der Waals surface area contributed by atoms with Crippen LogP contribution in [-0.4, -0.2) is 17.2 Å². The Balaban J connectivity index is 2.30. The van der Waals surface area contributed by atoms with Crippen LogP contribution in [0.2, 0.25) is 0 Å². The molecule has 0 aliphatic heterocycles. The van der Waals surface area contributed by atoms with E-state index in [0.717, 1.165) is 11.2 Å². The molecule has 2 heterocycles. The maximum Gasteiger partial charge on any atom is 0.282 e. The molecule has 0 N–H and O–H groups in total. The van der Waals surface area contributed by atoms with Gasteiger partial charge < -0.3 is 0 Å². The van der Waals surface area contributed by atoms with Crippen LogP contribution in [0.5, 0.6) is 0 Å². The average molecular weight is 199 g/mol. The van der Waals surface area contributed by atoms with Gasteiger partial charge in [-0.25, -0.2) is 0 Å². The van der Waals surface area contributed by atoms with E-state index in [-0.39, 0.29) is 0 Å². The standard InChI is InChI=1S/C10H12BN4/c1-14-7-12-5-3-9(14)11-10-4-6-13-8-15(10)2/h3-8H,1-2H3/q+1. The molecule has 2 radical (unpaired) electrons. The molecule has 2 aromatic heterocycles. The fourth-order valence-electron chi connectivity index (χ4n) is 1.34.